The van der Waals surface area contributed by atoms with Gasteiger partial charge in [0.1, 0.15) is 5.78 Å². The van der Waals surface area contributed by atoms with E-state index in [-0.39, 0.29) is 0 Å². The average Bonchev–Trinajstić information content (AvgIpc) is 2.93. The van der Waals surface area contributed by atoms with Crippen LogP contribution < -0.4 is 0 Å². The number of hydrogen-bond acceptors (Lipinski definition) is 1. The highest BCUT2D eigenvalue weighted by Crippen LogP contribution is 2.26. The third kappa shape index (κ3) is 2.07. The van der Waals surface area contributed by atoms with Gasteiger partial charge in [-0.2, -0.15) is 0 Å². The summed E-state index contributed by atoms with van der Waals surface area (Å²) < 4.78 is 2.28. The number of carbonyl (C=O) groups is 1. The Kier molecular flexibility index (Phi) is 2.94. The molecule has 2 aromatic rings. The van der Waals surface area contributed by atoms with Gasteiger partial charge in [-0.25, -0.2) is 0 Å². The smallest absolute Gasteiger partial charge is 0.136 e. The lowest BCUT2D eigenvalue weighted by atomic mass is 10.0. The summed E-state index contributed by atoms with van der Waals surface area (Å²) in [5.41, 5.74) is 2.58. The van der Waals surface area contributed by atoms with Crippen molar-refractivity contribution in [2.24, 2.45) is 5.92 Å². The number of aryl methyl sites for hydroxylation is 2. The highest BCUT2D eigenvalue weighted by molar-refractivity contribution is 5.83. The average molecular weight is 241 g/mol. The second kappa shape index (κ2) is 4.60. The lowest BCUT2D eigenvalue weighted by molar-refractivity contribution is -0.120. The van der Waals surface area contributed by atoms with Crippen LogP contribution in [0.3, 0.4) is 0 Å². The Morgan fingerprint density at radius 3 is 3.00 bits per heavy atom. The highest BCUT2D eigenvalue weighted by atomic mass is 16.1. The predicted octanol–water partition coefficient (Wildman–Crippen LogP) is 3.71. The molecule has 0 N–H and O–H groups in total. The van der Waals surface area contributed by atoms with E-state index in [4.69, 9.17) is 0 Å². The Labute approximate surface area is 108 Å². The summed E-state index contributed by atoms with van der Waals surface area (Å²) in [6.45, 7) is 3.08. The molecule has 0 aliphatic heterocycles. The lowest BCUT2D eigenvalue weighted by Crippen LogP contribution is -2.09. The molecule has 3 rings (SSSR count). The van der Waals surface area contributed by atoms with Crippen molar-refractivity contribution in [3.8, 4) is 0 Å². The van der Waals surface area contributed by atoms with Crippen molar-refractivity contribution >= 4 is 16.7 Å². The SMILES string of the molecule is Cc1ccc2c(ccn2CCC2CCCC2=O)c1. The second-order valence-electron chi connectivity index (χ2n) is 5.42. The molecular weight excluding hydrogens is 222 g/mol. The summed E-state index contributed by atoms with van der Waals surface area (Å²) in [5.74, 6) is 0.787. The van der Waals surface area contributed by atoms with Crippen LogP contribution in [0.15, 0.2) is 30.5 Å². The minimum atomic E-state index is 0.313. The molecule has 2 nitrogen and oxygen atoms in total. The summed E-state index contributed by atoms with van der Waals surface area (Å²) in [7, 11) is 0. The maximum absolute atomic E-state index is 11.6. The molecule has 1 fully saturated rings. The van der Waals surface area contributed by atoms with Gasteiger partial charge in [-0.3, -0.25) is 4.79 Å². The predicted molar refractivity (Wildman–Crippen MR) is 73.6 cm³/mol. The number of rotatable bonds is 3. The molecule has 18 heavy (non-hydrogen) atoms. The second-order valence-corrected chi connectivity index (χ2v) is 5.42. The van der Waals surface area contributed by atoms with E-state index in [0.29, 0.717) is 11.7 Å². The number of nitrogens with zero attached hydrogens (tertiary/aromatic N) is 1. The summed E-state index contributed by atoms with van der Waals surface area (Å²) >= 11 is 0. The molecule has 0 amide bonds. The molecule has 94 valence electrons. The third-order valence-electron chi connectivity index (χ3n) is 4.08. The molecule has 1 aliphatic carbocycles. The van der Waals surface area contributed by atoms with E-state index in [0.717, 1.165) is 32.2 Å². The van der Waals surface area contributed by atoms with E-state index in [9.17, 15) is 4.79 Å². The number of benzene rings is 1. The topological polar surface area (TPSA) is 22.0 Å². The largest absolute Gasteiger partial charge is 0.347 e. The van der Waals surface area contributed by atoms with Crippen LogP contribution in [0, 0.1) is 12.8 Å². The van der Waals surface area contributed by atoms with Gasteiger partial charge in [0.05, 0.1) is 0 Å². The van der Waals surface area contributed by atoms with Crippen molar-refractivity contribution in [1.29, 1.82) is 0 Å². The molecule has 1 saturated carbocycles. The fraction of sp³-hybridized carbons (Fsp3) is 0.438. The number of carbonyl (C=O) groups excluding carboxylic acids is 1. The van der Waals surface area contributed by atoms with E-state index in [1.54, 1.807) is 0 Å². The van der Waals surface area contributed by atoms with Gasteiger partial charge in [-0.05, 0) is 49.8 Å². The van der Waals surface area contributed by atoms with Crippen LogP contribution in [-0.2, 0) is 11.3 Å². The molecule has 0 radical (unpaired) electrons. The molecule has 1 unspecified atom stereocenters. The fourth-order valence-electron chi connectivity index (χ4n) is 3.00. The maximum Gasteiger partial charge on any atom is 0.136 e. The van der Waals surface area contributed by atoms with Gasteiger partial charge in [-0.1, -0.05) is 11.6 Å². The summed E-state index contributed by atoms with van der Waals surface area (Å²) in [6.07, 6.45) is 6.13. The minimum absolute atomic E-state index is 0.313. The molecule has 1 atom stereocenters. The fourth-order valence-corrected chi connectivity index (χ4v) is 3.00. The standard InChI is InChI=1S/C16H19NO/c1-12-5-6-15-14(11-12)8-10-17(15)9-7-13-3-2-4-16(13)18/h5-6,8,10-11,13H,2-4,7,9H2,1H3. The van der Waals surface area contributed by atoms with E-state index < -0.39 is 0 Å². The zero-order chi connectivity index (χ0) is 12.5. The van der Waals surface area contributed by atoms with Gasteiger partial charge < -0.3 is 4.57 Å². The van der Waals surface area contributed by atoms with Gasteiger partial charge in [-0.15, -0.1) is 0 Å². The minimum Gasteiger partial charge on any atom is -0.347 e. The van der Waals surface area contributed by atoms with Crippen molar-refractivity contribution < 1.29 is 4.79 Å². The first-order chi connectivity index (χ1) is 8.74. The van der Waals surface area contributed by atoms with Crippen molar-refractivity contribution in [2.75, 3.05) is 0 Å². The van der Waals surface area contributed by atoms with E-state index in [1.807, 2.05) is 0 Å². The molecule has 0 spiro atoms. The van der Waals surface area contributed by atoms with E-state index in [2.05, 4.69) is 42.0 Å². The van der Waals surface area contributed by atoms with Crippen molar-refractivity contribution in [2.45, 2.75) is 39.2 Å². The van der Waals surface area contributed by atoms with Crippen LogP contribution in [0.1, 0.15) is 31.2 Å². The molecule has 0 bridgehead atoms. The van der Waals surface area contributed by atoms with E-state index >= 15 is 0 Å². The van der Waals surface area contributed by atoms with Crippen LogP contribution in [0.2, 0.25) is 0 Å². The highest BCUT2D eigenvalue weighted by Gasteiger charge is 2.23. The molecular formula is C16H19NO. The van der Waals surface area contributed by atoms with Crippen LogP contribution in [-0.4, -0.2) is 10.4 Å². The van der Waals surface area contributed by atoms with Gasteiger partial charge in [0.25, 0.3) is 0 Å². The van der Waals surface area contributed by atoms with Gasteiger partial charge in [0, 0.05) is 30.6 Å². The summed E-state index contributed by atoms with van der Waals surface area (Å²) in [5, 5.41) is 1.30. The first-order valence-electron chi connectivity index (χ1n) is 6.82. The first-order valence-corrected chi connectivity index (χ1v) is 6.82. The number of fused-ring (bicyclic) bond motifs is 1. The molecule has 1 aromatic heterocycles. The molecule has 1 heterocycles. The van der Waals surface area contributed by atoms with Gasteiger partial charge >= 0.3 is 0 Å². The van der Waals surface area contributed by atoms with Crippen LogP contribution in [0.5, 0.6) is 0 Å². The maximum atomic E-state index is 11.6. The summed E-state index contributed by atoms with van der Waals surface area (Å²) in [6, 6.07) is 8.71. The van der Waals surface area contributed by atoms with Gasteiger partial charge in [0.15, 0.2) is 0 Å². The third-order valence-corrected chi connectivity index (χ3v) is 4.08. The van der Waals surface area contributed by atoms with Crippen LogP contribution >= 0.6 is 0 Å². The van der Waals surface area contributed by atoms with Crippen LogP contribution in [0.4, 0.5) is 0 Å². The summed E-state index contributed by atoms with van der Waals surface area (Å²) in [4.78, 5) is 11.6. The number of hydrogen-bond donors (Lipinski definition) is 0. The Hall–Kier alpha value is -1.57. The zero-order valence-corrected chi connectivity index (χ0v) is 10.9. The molecule has 0 saturated heterocycles. The Morgan fingerprint density at radius 2 is 2.22 bits per heavy atom. The molecule has 1 aromatic carbocycles. The first kappa shape index (κ1) is 11.5. The lowest BCUT2D eigenvalue weighted by Gasteiger charge is -2.10. The number of Topliss-reactive ketones (excluding diaryl/α,β-unsaturated/α-hetero) is 1. The van der Waals surface area contributed by atoms with Gasteiger partial charge in [0.2, 0.25) is 0 Å². The Morgan fingerprint density at radius 1 is 1.33 bits per heavy atom. The number of aromatic nitrogens is 1. The van der Waals surface area contributed by atoms with Crippen molar-refractivity contribution in [3.63, 3.8) is 0 Å². The molecule has 1 aliphatic rings. The quantitative estimate of drug-likeness (QED) is 0.803. The Balaban J connectivity index is 1.76. The number of ketones is 1. The van der Waals surface area contributed by atoms with E-state index in [1.165, 1.54) is 16.5 Å². The molecule has 2 heteroatoms. The Bertz CT molecular complexity index is 582. The van der Waals surface area contributed by atoms with Crippen molar-refractivity contribution in [1.82, 2.24) is 4.57 Å². The van der Waals surface area contributed by atoms with Crippen molar-refractivity contribution in [3.05, 3.63) is 36.0 Å². The monoisotopic (exact) mass is 241 g/mol. The zero-order valence-electron chi connectivity index (χ0n) is 10.9. The van der Waals surface area contributed by atoms with Crippen LogP contribution in [0.25, 0.3) is 10.9 Å². The normalized spacial score (nSPS) is 19.8.